The van der Waals surface area contributed by atoms with Crippen molar-refractivity contribution in [1.29, 1.82) is 0 Å². The van der Waals surface area contributed by atoms with Crippen LogP contribution in [0.4, 0.5) is 0 Å². The normalized spacial score (nSPS) is 17.9. The zero-order chi connectivity index (χ0) is 25.2. The molecule has 7 nitrogen and oxygen atoms in total. The average Bonchev–Trinajstić information content (AvgIpc) is 3.33. The van der Waals surface area contributed by atoms with Crippen LogP contribution < -0.4 is 0 Å². The van der Waals surface area contributed by atoms with Gasteiger partial charge in [-0.1, -0.05) is 18.2 Å². The van der Waals surface area contributed by atoms with E-state index in [1.807, 2.05) is 42.7 Å². The minimum atomic E-state index is 0.137. The van der Waals surface area contributed by atoms with Gasteiger partial charge in [-0.3, -0.25) is 19.7 Å². The van der Waals surface area contributed by atoms with Crippen LogP contribution in [0.5, 0.6) is 0 Å². The number of aromatic nitrogens is 4. The maximum Gasteiger partial charge on any atom is 0.225 e. The Labute approximate surface area is 218 Å². The summed E-state index contributed by atoms with van der Waals surface area (Å²) in [5.41, 5.74) is 5.36. The lowest BCUT2D eigenvalue weighted by atomic mass is 9.93. The van der Waals surface area contributed by atoms with E-state index in [1.165, 1.54) is 5.56 Å². The van der Waals surface area contributed by atoms with E-state index in [-0.39, 0.29) is 5.92 Å². The number of carbonyl (C=O) groups excluding carboxylic acids is 1. The highest BCUT2D eigenvalue weighted by atomic mass is 16.2. The molecule has 0 saturated carbocycles. The van der Waals surface area contributed by atoms with Crippen molar-refractivity contribution in [3.8, 4) is 11.5 Å². The number of nitrogens with zero attached hydrogens (tertiary/aromatic N) is 6. The SMILES string of the molecule is Cc1ccc2c(c1)nc(-c1ccccn1)n2C1CCN(C(=O)C2CCN(Cc3ccccn3)CC2)CC1. The summed E-state index contributed by atoms with van der Waals surface area (Å²) in [5, 5.41) is 0. The van der Waals surface area contributed by atoms with E-state index in [4.69, 9.17) is 4.98 Å². The lowest BCUT2D eigenvalue weighted by molar-refractivity contribution is -0.138. The molecule has 0 unspecified atom stereocenters. The van der Waals surface area contributed by atoms with Crippen molar-refractivity contribution in [1.82, 2.24) is 29.3 Å². The van der Waals surface area contributed by atoms with Crippen LogP contribution in [0.25, 0.3) is 22.6 Å². The molecule has 2 aliphatic rings. The molecule has 5 heterocycles. The van der Waals surface area contributed by atoms with Crippen LogP contribution in [-0.2, 0) is 11.3 Å². The minimum absolute atomic E-state index is 0.137. The number of imidazole rings is 1. The number of piperidine rings is 2. The second kappa shape index (κ2) is 10.4. The molecule has 0 bridgehead atoms. The molecular formula is C30H34N6O. The molecule has 4 aromatic rings. The molecule has 6 rings (SSSR count). The molecule has 0 radical (unpaired) electrons. The van der Waals surface area contributed by atoms with Crippen molar-refractivity contribution in [3.63, 3.8) is 0 Å². The van der Waals surface area contributed by atoms with E-state index in [2.05, 4.69) is 55.5 Å². The van der Waals surface area contributed by atoms with Gasteiger partial charge in [0.2, 0.25) is 5.91 Å². The second-order valence-electron chi connectivity index (χ2n) is 10.4. The van der Waals surface area contributed by atoms with Gasteiger partial charge in [-0.05, 0) is 87.7 Å². The number of fused-ring (bicyclic) bond motifs is 1. The number of benzene rings is 1. The third kappa shape index (κ3) is 5.01. The summed E-state index contributed by atoms with van der Waals surface area (Å²) in [6, 6.07) is 18.8. The Morgan fingerprint density at radius 2 is 1.65 bits per heavy atom. The summed E-state index contributed by atoms with van der Waals surface area (Å²) >= 11 is 0. The summed E-state index contributed by atoms with van der Waals surface area (Å²) in [5.74, 6) is 1.40. The van der Waals surface area contributed by atoms with E-state index < -0.39 is 0 Å². The van der Waals surface area contributed by atoms with E-state index in [0.717, 1.165) is 86.7 Å². The molecule has 7 heteroatoms. The Balaban J connectivity index is 1.12. The Morgan fingerprint density at radius 3 is 2.35 bits per heavy atom. The fraction of sp³-hybridized carbons (Fsp3) is 0.400. The van der Waals surface area contributed by atoms with Crippen molar-refractivity contribution in [2.45, 2.75) is 45.2 Å². The van der Waals surface area contributed by atoms with Gasteiger partial charge in [0.05, 0.1) is 16.7 Å². The van der Waals surface area contributed by atoms with Crippen LogP contribution in [0.1, 0.15) is 43.0 Å². The number of hydrogen-bond acceptors (Lipinski definition) is 5. The van der Waals surface area contributed by atoms with Crippen LogP contribution in [0.2, 0.25) is 0 Å². The van der Waals surface area contributed by atoms with Gasteiger partial charge in [-0.15, -0.1) is 0 Å². The number of amides is 1. The predicted molar refractivity (Wildman–Crippen MR) is 145 cm³/mol. The molecule has 1 aromatic carbocycles. The van der Waals surface area contributed by atoms with Crippen molar-refractivity contribution in [2.75, 3.05) is 26.2 Å². The molecule has 0 N–H and O–H groups in total. The van der Waals surface area contributed by atoms with Gasteiger partial charge >= 0.3 is 0 Å². The minimum Gasteiger partial charge on any atom is -0.342 e. The Morgan fingerprint density at radius 1 is 0.892 bits per heavy atom. The summed E-state index contributed by atoms with van der Waals surface area (Å²) in [4.78, 5) is 32.0. The first-order chi connectivity index (χ1) is 18.2. The Bertz CT molecular complexity index is 1350. The molecule has 2 fully saturated rings. The molecular weight excluding hydrogens is 460 g/mol. The average molecular weight is 495 g/mol. The lowest BCUT2D eigenvalue weighted by Gasteiger charge is -2.38. The molecule has 1 amide bonds. The van der Waals surface area contributed by atoms with E-state index in [0.29, 0.717) is 11.9 Å². The van der Waals surface area contributed by atoms with Gasteiger partial charge in [0.1, 0.15) is 5.69 Å². The predicted octanol–water partition coefficient (Wildman–Crippen LogP) is 4.88. The molecule has 37 heavy (non-hydrogen) atoms. The number of hydrogen-bond donors (Lipinski definition) is 0. The number of carbonyl (C=O) groups is 1. The standard InChI is InChI=1S/C30H34N6O/c1-22-8-9-28-27(20-22)33-29(26-7-3-5-15-32-26)36(28)25-12-18-35(19-13-25)30(37)23-10-16-34(17-11-23)21-24-6-2-4-14-31-24/h2-9,14-15,20,23,25H,10-13,16-19,21H2,1H3. The Hall–Kier alpha value is -3.58. The van der Waals surface area contributed by atoms with Gasteiger partial charge in [0, 0.05) is 44.0 Å². The zero-order valence-corrected chi connectivity index (χ0v) is 21.5. The van der Waals surface area contributed by atoms with Gasteiger partial charge in [-0.25, -0.2) is 4.98 Å². The van der Waals surface area contributed by atoms with Crippen molar-refractivity contribution >= 4 is 16.9 Å². The third-order valence-electron chi connectivity index (χ3n) is 7.93. The smallest absolute Gasteiger partial charge is 0.225 e. The van der Waals surface area contributed by atoms with Crippen molar-refractivity contribution in [2.24, 2.45) is 5.92 Å². The monoisotopic (exact) mass is 494 g/mol. The fourth-order valence-electron chi connectivity index (χ4n) is 5.92. The van der Waals surface area contributed by atoms with Crippen molar-refractivity contribution in [3.05, 3.63) is 78.2 Å². The Kier molecular flexibility index (Phi) is 6.70. The maximum absolute atomic E-state index is 13.4. The van der Waals surface area contributed by atoms with E-state index >= 15 is 0 Å². The zero-order valence-electron chi connectivity index (χ0n) is 21.5. The van der Waals surface area contributed by atoms with Crippen LogP contribution in [0.15, 0.2) is 67.0 Å². The molecule has 0 spiro atoms. The van der Waals surface area contributed by atoms with Crippen LogP contribution in [-0.4, -0.2) is 61.4 Å². The van der Waals surface area contributed by atoms with Crippen molar-refractivity contribution < 1.29 is 4.79 Å². The van der Waals surface area contributed by atoms with Crippen LogP contribution >= 0.6 is 0 Å². The van der Waals surface area contributed by atoms with Gasteiger partial charge in [0.25, 0.3) is 0 Å². The summed E-state index contributed by atoms with van der Waals surface area (Å²) in [7, 11) is 0. The van der Waals surface area contributed by atoms with Gasteiger partial charge < -0.3 is 9.47 Å². The number of rotatable bonds is 5. The largest absolute Gasteiger partial charge is 0.342 e. The highest BCUT2D eigenvalue weighted by Gasteiger charge is 2.32. The summed E-state index contributed by atoms with van der Waals surface area (Å²) < 4.78 is 2.37. The van der Waals surface area contributed by atoms with E-state index in [9.17, 15) is 4.79 Å². The quantitative estimate of drug-likeness (QED) is 0.396. The van der Waals surface area contributed by atoms with E-state index in [1.54, 1.807) is 0 Å². The maximum atomic E-state index is 13.4. The summed E-state index contributed by atoms with van der Waals surface area (Å²) in [6.07, 6.45) is 7.41. The molecule has 2 aliphatic heterocycles. The first-order valence-electron chi connectivity index (χ1n) is 13.5. The number of aryl methyl sites for hydroxylation is 1. The summed E-state index contributed by atoms with van der Waals surface area (Å²) in [6.45, 7) is 6.47. The van der Waals surface area contributed by atoms with Gasteiger partial charge in [0.15, 0.2) is 5.82 Å². The number of likely N-dealkylation sites (tertiary alicyclic amines) is 2. The lowest BCUT2D eigenvalue weighted by Crippen LogP contribution is -2.45. The third-order valence-corrected chi connectivity index (χ3v) is 7.93. The van der Waals surface area contributed by atoms with Gasteiger partial charge in [-0.2, -0.15) is 0 Å². The van der Waals surface area contributed by atoms with Crippen LogP contribution in [0.3, 0.4) is 0 Å². The van der Waals surface area contributed by atoms with Crippen LogP contribution in [0, 0.1) is 12.8 Å². The first-order valence-corrected chi connectivity index (χ1v) is 13.5. The first kappa shape index (κ1) is 23.8. The fourth-order valence-corrected chi connectivity index (χ4v) is 5.92. The highest BCUT2D eigenvalue weighted by Crippen LogP contribution is 2.34. The molecule has 190 valence electrons. The second-order valence-corrected chi connectivity index (χ2v) is 10.4. The molecule has 0 aliphatic carbocycles. The highest BCUT2D eigenvalue weighted by molar-refractivity contribution is 5.81. The molecule has 3 aromatic heterocycles. The molecule has 0 atom stereocenters. The number of pyridine rings is 2. The molecule has 2 saturated heterocycles. The topological polar surface area (TPSA) is 67.2 Å².